The Bertz CT molecular complexity index is 1020. The zero-order chi connectivity index (χ0) is 21.1. The van der Waals surface area contributed by atoms with Crippen molar-refractivity contribution in [3.8, 4) is 0 Å². The van der Waals surface area contributed by atoms with E-state index in [4.69, 9.17) is 4.98 Å². The van der Waals surface area contributed by atoms with Gasteiger partial charge in [0.05, 0.1) is 10.2 Å². The SMILES string of the molecule is CSc1ccc(CCNC(=O)C2CCN(c3nc4c(C)cc(C)cc4s3)CC2)cc1. The molecule has 1 saturated heterocycles. The molecule has 2 heterocycles. The minimum Gasteiger partial charge on any atom is -0.356 e. The monoisotopic (exact) mass is 439 g/mol. The first kappa shape index (κ1) is 21.2. The second kappa shape index (κ2) is 9.40. The highest BCUT2D eigenvalue weighted by molar-refractivity contribution is 7.98. The molecule has 4 rings (SSSR count). The number of hydrogen-bond donors (Lipinski definition) is 1. The Morgan fingerprint density at radius 1 is 1.20 bits per heavy atom. The highest BCUT2D eigenvalue weighted by atomic mass is 32.2. The third kappa shape index (κ3) is 4.81. The number of aromatic nitrogens is 1. The van der Waals surface area contributed by atoms with E-state index >= 15 is 0 Å². The van der Waals surface area contributed by atoms with E-state index in [9.17, 15) is 4.79 Å². The van der Waals surface area contributed by atoms with Crippen molar-refractivity contribution in [1.29, 1.82) is 0 Å². The van der Waals surface area contributed by atoms with E-state index in [-0.39, 0.29) is 11.8 Å². The number of amides is 1. The molecule has 0 bridgehead atoms. The van der Waals surface area contributed by atoms with Crippen molar-refractivity contribution >= 4 is 44.4 Å². The van der Waals surface area contributed by atoms with Crippen LogP contribution in [0.1, 0.15) is 29.5 Å². The Hall–Kier alpha value is -2.05. The minimum absolute atomic E-state index is 0.110. The number of fused-ring (bicyclic) bond motifs is 1. The summed E-state index contributed by atoms with van der Waals surface area (Å²) in [7, 11) is 0. The molecule has 1 aliphatic rings. The molecule has 1 N–H and O–H groups in total. The maximum atomic E-state index is 12.6. The van der Waals surface area contributed by atoms with Crippen LogP contribution in [0, 0.1) is 19.8 Å². The van der Waals surface area contributed by atoms with Gasteiger partial charge < -0.3 is 10.2 Å². The molecule has 3 aromatic rings. The van der Waals surface area contributed by atoms with Crippen molar-refractivity contribution in [2.75, 3.05) is 30.8 Å². The molecular weight excluding hydrogens is 410 g/mol. The topological polar surface area (TPSA) is 45.2 Å². The predicted molar refractivity (Wildman–Crippen MR) is 129 cm³/mol. The van der Waals surface area contributed by atoms with Crippen LogP contribution in [0.2, 0.25) is 0 Å². The van der Waals surface area contributed by atoms with Gasteiger partial charge >= 0.3 is 0 Å². The smallest absolute Gasteiger partial charge is 0.223 e. The molecule has 0 aliphatic carbocycles. The molecule has 1 aliphatic heterocycles. The van der Waals surface area contributed by atoms with Gasteiger partial charge in [-0.15, -0.1) is 11.8 Å². The molecule has 0 spiro atoms. The van der Waals surface area contributed by atoms with E-state index < -0.39 is 0 Å². The van der Waals surface area contributed by atoms with E-state index in [0.29, 0.717) is 6.54 Å². The molecule has 1 amide bonds. The van der Waals surface area contributed by atoms with Crippen LogP contribution in [0.5, 0.6) is 0 Å². The van der Waals surface area contributed by atoms with Gasteiger partial charge in [-0.1, -0.05) is 29.5 Å². The Balaban J connectivity index is 1.27. The molecule has 158 valence electrons. The van der Waals surface area contributed by atoms with Crippen molar-refractivity contribution in [3.05, 3.63) is 53.1 Å². The lowest BCUT2D eigenvalue weighted by Gasteiger charge is -2.31. The first-order chi connectivity index (χ1) is 14.5. The maximum absolute atomic E-state index is 12.6. The number of thioether (sulfide) groups is 1. The van der Waals surface area contributed by atoms with Crippen LogP contribution in [0.3, 0.4) is 0 Å². The van der Waals surface area contributed by atoms with Crippen molar-refractivity contribution < 1.29 is 4.79 Å². The zero-order valence-electron chi connectivity index (χ0n) is 17.9. The van der Waals surface area contributed by atoms with Crippen LogP contribution in [0.4, 0.5) is 5.13 Å². The lowest BCUT2D eigenvalue weighted by atomic mass is 9.96. The number of hydrogen-bond acceptors (Lipinski definition) is 5. The number of carbonyl (C=O) groups excluding carboxylic acids is 1. The fourth-order valence-electron chi connectivity index (χ4n) is 4.09. The average molecular weight is 440 g/mol. The molecule has 1 fully saturated rings. The van der Waals surface area contributed by atoms with Gasteiger partial charge in [-0.05, 0) is 74.3 Å². The summed E-state index contributed by atoms with van der Waals surface area (Å²) in [6, 6.07) is 13.0. The van der Waals surface area contributed by atoms with Gasteiger partial charge in [0.1, 0.15) is 0 Å². The van der Waals surface area contributed by atoms with E-state index in [1.807, 2.05) is 0 Å². The van der Waals surface area contributed by atoms with Crippen molar-refractivity contribution in [3.63, 3.8) is 0 Å². The fourth-order valence-corrected chi connectivity index (χ4v) is 5.70. The molecule has 1 aromatic heterocycles. The summed E-state index contributed by atoms with van der Waals surface area (Å²) in [5.41, 5.74) is 4.91. The first-order valence-electron chi connectivity index (χ1n) is 10.6. The second-order valence-electron chi connectivity index (χ2n) is 8.08. The Morgan fingerprint density at radius 3 is 2.63 bits per heavy atom. The van der Waals surface area contributed by atoms with Gasteiger partial charge in [0.25, 0.3) is 0 Å². The third-order valence-electron chi connectivity index (χ3n) is 5.83. The fraction of sp³-hybridized carbons (Fsp3) is 0.417. The Kier molecular flexibility index (Phi) is 6.64. The van der Waals surface area contributed by atoms with E-state index in [1.165, 1.54) is 26.3 Å². The second-order valence-corrected chi connectivity index (χ2v) is 9.96. The van der Waals surface area contributed by atoms with Crippen LogP contribution in [0.25, 0.3) is 10.2 Å². The summed E-state index contributed by atoms with van der Waals surface area (Å²) in [5, 5.41) is 4.23. The number of nitrogens with zero attached hydrogens (tertiary/aromatic N) is 2. The number of aryl methyl sites for hydroxylation is 2. The van der Waals surface area contributed by atoms with Crippen LogP contribution >= 0.6 is 23.1 Å². The van der Waals surface area contributed by atoms with Gasteiger partial charge in [-0.2, -0.15) is 0 Å². The number of benzene rings is 2. The van der Waals surface area contributed by atoms with Crippen LogP contribution in [-0.4, -0.2) is 36.8 Å². The highest BCUT2D eigenvalue weighted by Crippen LogP contribution is 2.33. The standard InChI is InChI=1S/C24H29N3OS2/c1-16-14-17(2)22-21(15-16)30-24(26-22)27-12-9-19(10-13-27)23(28)25-11-8-18-4-6-20(29-3)7-5-18/h4-7,14-15,19H,8-13H2,1-3H3,(H,25,28). The van der Waals surface area contributed by atoms with E-state index in [1.54, 1.807) is 23.1 Å². The van der Waals surface area contributed by atoms with Gasteiger partial charge in [0.2, 0.25) is 5.91 Å². The first-order valence-corrected chi connectivity index (χ1v) is 12.6. The number of rotatable bonds is 6. The summed E-state index contributed by atoms with van der Waals surface area (Å²) in [6.45, 7) is 6.76. The van der Waals surface area contributed by atoms with Crippen LogP contribution < -0.4 is 10.2 Å². The third-order valence-corrected chi connectivity index (χ3v) is 7.63. The lowest BCUT2D eigenvalue weighted by molar-refractivity contribution is -0.125. The van der Waals surface area contributed by atoms with E-state index in [0.717, 1.165) is 43.0 Å². The zero-order valence-corrected chi connectivity index (χ0v) is 19.5. The van der Waals surface area contributed by atoms with Gasteiger partial charge in [0.15, 0.2) is 5.13 Å². The van der Waals surface area contributed by atoms with Gasteiger partial charge in [-0.25, -0.2) is 4.98 Å². The maximum Gasteiger partial charge on any atom is 0.223 e. The Morgan fingerprint density at radius 2 is 1.93 bits per heavy atom. The van der Waals surface area contributed by atoms with Crippen LogP contribution in [-0.2, 0) is 11.2 Å². The minimum atomic E-state index is 0.110. The summed E-state index contributed by atoms with van der Waals surface area (Å²) >= 11 is 3.52. The molecule has 30 heavy (non-hydrogen) atoms. The van der Waals surface area contributed by atoms with Crippen molar-refractivity contribution in [1.82, 2.24) is 10.3 Å². The molecule has 4 nitrogen and oxygen atoms in total. The summed E-state index contributed by atoms with van der Waals surface area (Å²) in [5.74, 6) is 0.310. The molecule has 6 heteroatoms. The normalized spacial score (nSPS) is 15.0. The molecule has 0 radical (unpaired) electrons. The van der Waals surface area contributed by atoms with Crippen LogP contribution in [0.15, 0.2) is 41.3 Å². The Labute approximate surface area is 187 Å². The quantitative estimate of drug-likeness (QED) is 0.536. The molecular formula is C24H29N3OS2. The average Bonchev–Trinajstić information content (AvgIpc) is 3.19. The van der Waals surface area contributed by atoms with Crippen molar-refractivity contribution in [2.45, 2.75) is 38.0 Å². The number of carbonyl (C=O) groups is 1. The lowest BCUT2D eigenvalue weighted by Crippen LogP contribution is -2.41. The molecule has 0 atom stereocenters. The summed E-state index contributed by atoms with van der Waals surface area (Å²) in [6.07, 6.45) is 4.74. The summed E-state index contributed by atoms with van der Waals surface area (Å²) < 4.78 is 1.26. The summed E-state index contributed by atoms with van der Waals surface area (Å²) in [4.78, 5) is 21.1. The largest absolute Gasteiger partial charge is 0.356 e. The number of thiazole rings is 1. The number of piperidine rings is 1. The molecule has 0 unspecified atom stereocenters. The molecule has 0 saturated carbocycles. The van der Waals surface area contributed by atoms with Gasteiger partial charge in [-0.3, -0.25) is 4.79 Å². The van der Waals surface area contributed by atoms with Gasteiger partial charge in [0, 0.05) is 30.4 Å². The number of nitrogens with one attached hydrogen (secondary N) is 1. The molecule has 2 aromatic carbocycles. The number of anilines is 1. The van der Waals surface area contributed by atoms with E-state index in [2.05, 4.69) is 66.7 Å². The predicted octanol–water partition coefficient (Wildman–Crippen LogP) is 5.21. The van der Waals surface area contributed by atoms with Crippen molar-refractivity contribution in [2.24, 2.45) is 5.92 Å². The highest BCUT2D eigenvalue weighted by Gasteiger charge is 2.26.